The second-order valence-electron chi connectivity index (χ2n) is 6.55. The quantitative estimate of drug-likeness (QED) is 0.297. The van der Waals surface area contributed by atoms with Crippen molar-refractivity contribution in [3.05, 3.63) is 58.2 Å². The minimum absolute atomic E-state index is 0.0128. The molecule has 176 valence electrons. The first-order chi connectivity index (χ1) is 16.2. The summed E-state index contributed by atoms with van der Waals surface area (Å²) >= 11 is 13.3. The molecule has 15 heteroatoms. The lowest BCUT2D eigenvalue weighted by molar-refractivity contribution is 0.0982. The molecule has 0 aliphatic rings. The lowest BCUT2D eigenvalue weighted by Crippen LogP contribution is -2.33. The van der Waals surface area contributed by atoms with Gasteiger partial charge in [0, 0.05) is 15.8 Å². The average molecular weight is 558 g/mol. The van der Waals surface area contributed by atoms with E-state index in [1.807, 2.05) is 0 Å². The zero-order chi connectivity index (χ0) is 24.5. The van der Waals surface area contributed by atoms with Gasteiger partial charge in [0.15, 0.2) is 5.11 Å². The average Bonchev–Trinajstić information content (AvgIpc) is 3.37. The van der Waals surface area contributed by atoms with E-state index in [4.69, 9.17) is 28.6 Å². The number of hydrogen-bond donors (Lipinski definition) is 3. The van der Waals surface area contributed by atoms with Gasteiger partial charge in [-0.25, -0.2) is 12.8 Å². The highest BCUT2D eigenvalue weighted by molar-refractivity contribution is 7.92. The van der Waals surface area contributed by atoms with Crippen LogP contribution < -0.4 is 20.1 Å². The Morgan fingerprint density at radius 3 is 2.62 bits per heavy atom. The zero-order valence-electron chi connectivity index (χ0n) is 17.0. The summed E-state index contributed by atoms with van der Waals surface area (Å²) < 4.78 is 54.0. The molecule has 9 nitrogen and oxygen atoms in total. The number of fused-ring (bicyclic) bond motifs is 1. The maximum absolute atomic E-state index is 13.4. The van der Waals surface area contributed by atoms with Crippen molar-refractivity contribution in [3.8, 4) is 5.88 Å². The van der Waals surface area contributed by atoms with Crippen LogP contribution in [0.3, 0.4) is 0 Å². The molecule has 0 saturated heterocycles. The topological polar surface area (TPSA) is 122 Å². The third-order valence-electron chi connectivity index (χ3n) is 4.33. The lowest BCUT2D eigenvalue weighted by atomic mass is 10.2. The molecule has 2 heterocycles. The highest BCUT2D eigenvalue weighted by Gasteiger charge is 2.20. The molecule has 0 saturated carbocycles. The summed E-state index contributed by atoms with van der Waals surface area (Å²) in [5.74, 6) is -0.936. The number of thiocarbonyl (C=S) groups is 1. The highest BCUT2D eigenvalue weighted by Crippen LogP contribution is 2.35. The molecule has 0 aliphatic carbocycles. The van der Waals surface area contributed by atoms with Gasteiger partial charge in [0.2, 0.25) is 5.82 Å². The van der Waals surface area contributed by atoms with Crippen molar-refractivity contribution in [1.82, 2.24) is 14.1 Å². The van der Waals surface area contributed by atoms with E-state index in [9.17, 15) is 17.6 Å². The Hall–Kier alpha value is -2.91. The molecule has 2 aromatic carbocycles. The third-order valence-corrected chi connectivity index (χ3v) is 8.06. The summed E-state index contributed by atoms with van der Waals surface area (Å²) in [6.07, 6.45) is 0. The number of rotatable bonds is 6. The molecule has 0 spiro atoms. The summed E-state index contributed by atoms with van der Waals surface area (Å²) in [4.78, 5) is 12.7. The Morgan fingerprint density at radius 2 is 1.91 bits per heavy atom. The second-order valence-corrected chi connectivity index (χ2v) is 10.6. The first kappa shape index (κ1) is 24.2. The van der Waals surface area contributed by atoms with Gasteiger partial charge in [-0.05, 0) is 54.7 Å². The summed E-state index contributed by atoms with van der Waals surface area (Å²) in [5, 5.41) is 6.03. The van der Waals surface area contributed by atoms with Crippen molar-refractivity contribution in [2.75, 3.05) is 17.1 Å². The Morgan fingerprint density at radius 1 is 1.18 bits per heavy atom. The van der Waals surface area contributed by atoms with Crippen LogP contribution in [0.15, 0.2) is 47.4 Å². The molecule has 0 bridgehead atoms. The van der Waals surface area contributed by atoms with Gasteiger partial charge in [-0.1, -0.05) is 11.6 Å². The van der Waals surface area contributed by atoms with Crippen molar-refractivity contribution in [3.63, 3.8) is 0 Å². The number of thiophene rings is 1. The Kier molecular flexibility index (Phi) is 6.95. The van der Waals surface area contributed by atoms with Crippen molar-refractivity contribution >= 4 is 89.5 Å². The van der Waals surface area contributed by atoms with Crippen molar-refractivity contribution < 1.29 is 22.3 Å². The number of nitrogens with zero attached hydrogens (tertiary/aromatic N) is 2. The monoisotopic (exact) mass is 557 g/mol. The normalized spacial score (nSPS) is 11.3. The molecule has 4 aromatic rings. The van der Waals surface area contributed by atoms with Crippen molar-refractivity contribution in [2.45, 2.75) is 4.90 Å². The SMILES string of the molecule is COc1nsnc1NS(=O)(=O)c1ccc(NC(=S)NC(=O)c2sc3cc(F)ccc3c2Cl)cc1. The fourth-order valence-electron chi connectivity index (χ4n) is 2.79. The third kappa shape index (κ3) is 5.10. The maximum Gasteiger partial charge on any atom is 0.271 e. The highest BCUT2D eigenvalue weighted by atomic mass is 35.5. The van der Waals surface area contributed by atoms with E-state index in [0.717, 1.165) is 23.1 Å². The number of hydrogen-bond acceptors (Lipinski definition) is 9. The van der Waals surface area contributed by atoms with Crippen molar-refractivity contribution in [1.29, 1.82) is 0 Å². The molecule has 3 N–H and O–H groups in total. The van der Waals surface area contributed by atoms with Crippen LogP contribution in [0.4, 0.5) is 15.9 Å². The van der Waals surface area contributed by atoms with Crippen LogP contribution in [0, 0.1) is 5.82 Å². The van der Waals surface area contributed by atoms with Gasteiger partial charge in [-0.3, -0.25) is 14.8 Å². The van der Waals surface area contributed by atoms with E-state index in [1.54, 1.807) is 0 Å². The van der Waals surface area contributed by atoms with Crippen molar-refractivity contribution in [2.24, 2.45) is 0 Å². The van der Waals surface area contributed by atoms with Crippen LogP contribution >= 0.6 is 46.9 Å². The summed E-state index contributed by atoms with van der Waals surface area (Å²) in [7, 11) is -2.58. The predicted octanol–water partition coefficient (Wildman–Crippen LogP) is 4.48. The van der Waals surface area contributed by atoms with E-state index in [1.165, 1.54) is 49.6 Å². The van der Waals surface area contributed by atoms with Gasteiger partial charge >= 0.3 is 0 Å². The van der Waals surface area contributed by atoms with Crippen LogP contribution in [0.5, 0.6) is 5.88 Å². The Balaban J connectivity index is 1.42. The smallest absolute Gasteiger partial charge is 0.271 e. The Labute approximate surface area is 211 Å². The fourth-order valence-corrected chi connectivity index (χ4v) is 5.97. The van der Waals surface area contributed by atoms with Crippen LogP contribution in [0.25, 0.3) is 10.1 Å². The molecular formula is C19H13ClFN5O4S4. The van der Waals surface area contributed by atoms with Gasteiger partial charge in [-0.2, -0.15) is 4.37 Å². The zero-order valence-corrected chi connectivity index (χ0v) is 21.0. The summed E-state index contributed by atoms with van der Waals surface area (Å²) in [5.41, 5.74) is 0.432. The maximum atomic E-state index is 13.4. The molecule has 0 unspecified atom stereocenters. The molecule has 1 amide bonds. The number of aromatic nitrogens is 2. The number of sulfonamides is 1. The number of carbonyl (C=O) groups is 1. The van der Waals surface area contributed by atoms with E-state index < -0.39 is 21.7 Å². The van der Waals surface area contributed by atoms with Gasteiger partial charge in [-0.15, -0.1) is 15.7 Å². The minimum atomic E-state index is -3.93. The first-order valence-corrected chi connectivity index (χ1v) is 13.0. The van der Waals surface area contributed by atoms with Crippen LogP contribution in [0.2, 0.25) is 5.02 Å². The first-order valence-electron chi connectivity index (χ1n) is 9.17. The summed E-state index contributed by atoms with van der Waals surface area (Å²) in [6, 6.07) is 9.70. The molecule has 2 aromatic heterocycles. The second kappa shape index (κ2) is 9.76. The number of amides is 1. The molecule has 0 radical (unpaired) electrons. The van der Waals surface area contributed by atoms with Gasteiger partial charge in [0.05, 0.1) is 28.8 Å². The molecule has 34 heavy (non-hydrogen) atoms. The summed E-state index contributed by atoms with van der Waals surface area (Å²) in [6.45, 7) is 0. The largest absolute Gasteiger partial charge is 0.478 e. The van der Waals surface area contributed by atoms with Gasteiger partial charge < -0.3 is 10.1 Å². The van der Waals surface area contributed by atoms with E-state index in [2.05, 4.69) is 24.1 Å². The van der Waals surface area contributed by atoms with Gasteiger partial charge in [0.1, 0.15) is 10.7 Å². The van der Waals surface area contributed by atoms with Crippen LogP contribution in [-0.4, -0.2) is 35.3 Å². The number of methoxy groups -OCH3 is 1. The number of ether oxygens (including phenoxy) is 1. The fraction of sp³-hybridized carbons (Fsp3) is 0.0526. The van der Waals surface area contributed by atoms with E-state index in [-0.39, 0.29) is 31.6 Å². The standard InChI is InChI=1S/C19H13ClFN5O4S4/c1-30-18-16(24-33-25-18)26-34(28,29)11-5-3-10(4-6-11)22-19(31)23-17(27)15-14(20)12-7-2-9(21)8-13(12)32-15/h2-8H,1H3,(H,24,26)(H2,22,23,27,31). The molecular weight excluding hydrogens is 545 g/mol. The molecule has 0 fully saturated rings. The number of benzene rings is 2. The number of nitrogens with one attached hydrogen (secondary N) is 3. The Bertz CT molecular complexity index is 1500. The van der Waals surface area contributed by atoms with Crippen LogP contribution in [0.1, 0.15) is 9.67 Å². The predicted molar refractivity (Wildman–Crippen MR) is 134 cm³/mol. The molecule has 0 aliphatic heterocycles. The molecule has 0 atom stereocenters. The number of halogens is 2. The minimum Gasteiger partial charge on any atom is -0.478 e. The number of anilines is 2. The van der Waals surface area contributed by atoms with E-state index >= 15 is 0 Å². The van der Waals surface area contributed by atoms with Crippen LogP contribution in [-0.2, 0) is 10.0 Å². The number of carbonyl (C=O) groups excluding carboxylic acids is 1. The molecule has 4 rings (SSSR count). The van der Waals surface area contributed by atoms with E-state index in [0.29, 0.717) is 15.8 Å². The lowest BCUT2D eigenvalue weighted by Gasteiger charge is -2.10. The van der Waals surface area contributed by atoms with Gasteiger partial charge in [0.25, 0.3) is 21.8 Å².